The molecule has 0 spiro atoms. The number of oxime groups is 9. The van der Waals surface area contributed by atoms with Crippen LogP contribution in [0.5, 0.6) is 0 Å². The van der Waals surface area contributed by atoms with E-state index in [0.29, 0.717) is 0 Å². The Kier molecular flexibility index (Phi) is 80.1. The predicted octanol–water partition coefficient (Wildman–Crippen LogP) is 9.87. The summed E-state index contributed by atoms with van der Waals surface area (Å²) < 4.78 is 0. The summed E-state index contributed by atoms with van der Waals surface area (Å²) in [7, 11) is 3.25. The lowest BCUT2D eigenvalue weighted by atomic mass is 10.3. The molecule has 0 bridgehead atoms. The van der Waals surface area contributed by atoms with E-state index in [4.69, 9.17) is 9.68 Å². The molecule has 1 fully saturated rings. The number of carbonyl (C=O) groups is 10. The van der Waals surface area contributed by atoms with Crippen LogP contribution >= 0.6 is 23.5 Å². The van der Waals surface area contributed by atoms with E-state index in [1.807, 2.05) is 40.9 Å². The number of unbranched alkanes of at least 4 members (excludes halogenated alkanes) is 1. The molecule has 0 N–H and O–H groups in total. The smallest absolute Gasteiger partial charge is 0.282 e. The zero-order valence-corrected chi connectivity index (χ0v) is 60.5. The first-order chi connectivity index (χ1) is 42.4. The molecule has 1 aliphatic carbocycles. The molecule has 0 aromatic heterocycles. The van der Waals surface area contributed by atoms with Crippen LogP contribution in [0.3, 0.4) is 0 Å². The maximum absolute atomic E-state index is 11.4. The Balaban J connectivity index is -0.000000143. The number of ketones is 9. The van der Waals surface area contributed by atoms with E-state index in [2.05, 4.69) is 87.2 Å². The number of Topliss-reactive ketones (excluding diaryl/α,β-unsaturated/α-hetero) is 9. The van der Waals surface area contributed by atoms with E-state index < -0.39 is 6.10 Å². The SMILES string of the molecule is CC(=O)C(C)ON=C(C)C.CC(=O)CON=C(C)C.CC(=O)CON=C(C)C.CC(=O)CON=C1CCCC1.CC=NOCC(C)=O.CCC(C)=NOCC(C)=O.CCCC=NOCC(C)=O.CSC(=NOCC(C)=O)C(=O)N(C)C.CSC(C)=NOCC(C)=O. The zero-order chi connectivity index (χ0) is 72.1. The Morgan fingerprint density at radius 2 is 0.824 bits per heavy atom. The van der Waals surface area contributed by atoms with Gasteiger partial charge < -0.3 is 48.4 Å². The summed E-state index contributed by atoms with van der Waals surface area (Å²) in [6, 6.07) is 0. The molecule has 31 heteroatoms. The molecule has 0 radical (unpaired) electrons. The summed E-state index contributed by atoms with van der Waals surface area (Å²) in [6.45, 7) is 35.6. The summed E-state index contributed by atoms with van der Waals surface area (Å²) >= 11 is 2.67. The monoisotopic (exact) mass is 1340 g/mol. The van der Waals surface area contributed by atoms with Gasteiger partial charge in [-0.05, 0) is 183 Å². The van der Waals surface area contributed by atoms with E-state index in [1.54, 1.807) is 68.1 Å². The maximum Gasteiger partial charge on any atom is 0.282 e. The minimum absolute atomic E-state index is 0.00588. The van der Waals surface area contributed by atoms with Gasteiger partial charge in [0.15, 0.2) is 111 Å². The van der Waals surface area contributed by atoms with Crippen molar-refractivity contribution in [2.24, 2.45) is 46.4 Å². The van der Waals surface area contributed by atoms with Gasteiger partial charge >= 0.3 is 0 Å². The second kappa shape index (κ2) is 73.2. The van der Waals surface area contributed by atoms with E-state index in [9.17, 15) is 47.9 Å². The van der Waals surface area contributed by atoms with Gasteiger partial charge in [-0.25, -0.2) is 0 Å². The third-order valence-corrected chi connectivity index (χ3v) is 9.18. The molecule has 1 unspecified atom stereocenters. The molecule has 0 aromatic rings. The molecule has 0 saturated heterocycles. The Morgan fingerprint density at radius 3 is 1.14 bits per heavy atom. The molecule has 1 rings (SSSR count). The average molecular weight is 1340 g/mol. The van der Waals surface area contributed by atoms with Crippen molar-refractivity contribution in [1.29, 1.82) is 0 Å². The fourth-order valence-electron chi connectivity index (χ4n) is 3.50. The third kappa shape index (κ3) is 107. The summed E-state index contributed by atoms with van der Waals surface area (Å²) in [4.78, 5) is 148. The molecule has 0 heterocycles. The third-order valence-electron chi connectivity index (χ3n) is 7.87. The predicted molar refractivity (Wildman–Crippen MR) is 364 cm³/mol. The Bertz CT molecular complexity index is 2250. The molecule has 1 atom stereocenters. The molecule has 29 nitrogen and oxygen atoms in total. The van der Waals surface area contributed by atoms with Gasteiger partial charge in [0.1, 0.15) is 5.04 Å². The molecular weight excluding hydrogens is 1230 g/mol. The van der Waals surface area contributed by atoms with Crippen LogP contribution in [0.2, 0.25) is 0 Å². The average Bonchev–Trinajstić information content (AvgIpc) is 4.14. The summed E-state index contributed by atoms with van der Waals surface area (Å²) in [6.07, 6.45) is 13.7. The number of rotatable bonds is 30. The standard InChI is InChI=1S/C8H14N2O3S.C8H13NO2.3C7H13NO2.C6H11NO2S.2C6H11NO2.C5H9NO2/c1-6(11)5-13-9-7(14-4)8(12)10(2)3;1-7(10)6-11-9-8-4-2-3-5-8;1-5(2)8-10-7(4)6(3)9;1-4-6(2)8-10-5-7(3)9;1-3-4-5-8-10-6-7(2)9;1-5(8)4-9-7-6(2)10-3;2*1-5(2)7-9-4-6(3)8;1-3-6-8-4-5(2)7/h5H2,1-4H3;2-6H2,1H3;7H,1-4H3;4-5H2,1-3H3;5H,3-4,6H2,1-2H3;4H2,1-3H3;2*4H2,1-3H3;3H,4H2,1-2H3. The van der Waals surface area contributed by atoms with Crippen molar-refractivity contribution >= 4 is 133 Å². The van der Waals surface area contributed by atoms with Crippen LogP contribution in [-0.4, -0.2) is 199 Å². The van der Waals surface area contributed by atoms with E-state index >= 15 is 0 Å². The van der Waals surface area contributed by atoms with Gasteiger partial charge in [0, 0.05) is 26.5 Å². The molecule has 1 aliphatic rings. The molecule has 0 aliphatic heterocycles. The van der Waals surface area contributed by atoms with Crippen molar-refractivity contribution in [3.05, 3.63) is 0 Å². The molecular formula is C60H108N10O19S2. The van der Waals surface area contributed by atoms with Crippen LogP contribution < -0.4 is 0 Å². The van der Waals surface area contributed by atoms with E-state index in [0.717, 1.165) is 65.7 Å². The highest BCUT2D eigenvalue weighted by Crippen LogP contribution is 2.14. The van der Waals surface area contributed by atoms with Crippen molar-refractivity contribution < 1.29 is 91.5 Å². The number of carbonyl (C=O) groups excluding carboxylic acids is 10. The number of thioether (sulfide) groups is 2. The molecule has 524 valence electrons. The fourth-order valence-corrected chi connectivity index (χ4v) is 4.12. The minimum Gasteiger partial charge on any atom is -0.388 e. The summed E-state index contributed by atoms with van der Waals surface area (Å²) in [5, 5.41) is 33.5. The van der Waals surface area contributed by atoms with Crippen molar-refractivity contribution in [3.8, 4) is 0 Å². The first-order valence-corrected chi connectivity index (χ1v) is 31.0. The lowest BCUT2D eigenvalue weighted by Gasteiger charge is -2.09. The Labute approximate surface area is 549 Å². The summed E-state index contributed by atoms with van der Waals surface area (Å²) in [5.41, 5.74) is 4.45. The van der Waals surface area contributed by atoms with E-state index in [1.165, 1.54) is 110 Å². The van der Waals surface area contributed by atoms with Gasteiger partial charge in [0.25, 0.3) is 5.91 Å². The topological polar surface area (TPSA) is 368 Å². The Morgan fingerprint density at radius 1 is 0.473 bits per heavy atom. The zero-order valence-electron chi connectivity index (χ0n) is 58.9. The van der Waals surface area contributed by atoms with Gasteiger partial charge in [-0.3, -0.25) is 47.9 Å². The van der Waals surface area contributed by atoms with Gasteiger partial charge in [-0.2, -0.15) is 0 Å². The molecule has 91 heavy (non-hydrogen) atoms. The molecule has 1 amide bonds. The van der Waals surface area contributed by atoms with Crippen LogP contribution in [-0.2, 0) is 91.5 Å². The highest BCUT2D eigenvalue weighted by molar-refractivity contribution is 8.15. The largest absolute Gasteiger partial charge is 0.388 e. The number of amides is 1. The number of hydrogen-bond donors (Lipinski definition) is 0. The lowest BCUT2D eigenvalue weighted by Crippen LogP contribution is -2.28. The quantitative estimate of drug-likeness (QED) is 0.0366. The van der Waals surface area contributed by atoms with Crippen molar-refractivity contribution in [2.45, 2.75) is 196 Å². The van der Waals surface area contributed by atoms with Crippen LogP contribution in [0.4, 0.5) is 0 Å². The highest BCUT2D eigenvalue weighted by Gasteiger charge is 2.13. The van der Waals surface area contributed by atoms with Crippen LogP contribution in [0.15, 0.2) is 46.4 Å². The van der Waals surface area contributed by atoms with Gasteiger partial charge in [0.2, 0.25) is 5.04 Å². The summed E-state index contributed by atoms with van der Waals surface area (Å²) in [5.74, 6) is -0.431. The molecule has 1 saturated carbocycles. The van der Waals surface area contributed by atoms with Crippen LogP contribution in [0, 0.1) is 0 Å². The number of hydrogen-bond acceptors (Lipinski definition) is 30. The first-order valence-electron chi connectivity index (χ1n) is 28.6. The fraction of sp³-hybridized carbons (Fsp3) is 0.683. The second-order valence-corrected chi connectivity index (χ2v) is 21.2. The maximum atomic E-state index is 11.4. The van der Waals surface area contributed by atoms with Gasteiger partial charge in [0.05, 0.1) is 28.6 Å². The van der Waals surface area contributed by atoms with Gasteiger partial charge in [-0.15, -0.1) is 23.5 Å². The van der Waals surface area contributed by atoms with Gasteiger partial charge in [-0.1, -0.05) is 66.7 Å². The number of nitrogens with zero attached hydrogens (tertiary/aromatic N) is 10. The minimum atomic E-state index is -0.421. The van der Waals surface area contributed by atoms with Crippen LogP contribution in [0.25, 0.3) is 0 Å². The second-order valence-electron chi connectivity index (χ2n) is 19.4. The highest BCUT2D eigenvalue weighted by atomic mass is 32.2. The normalized spacial score (nSPS) is 11.1. The molecule has 0 aromatic carbocycles. The van der Waals surface area contributed by atoms with Crippen molar-refractivity contribution in [2.75, 3.05) is 79.5 Å². The van der Waals surface area contributed by atoms with Crippen molar-refractivity contribution in [3.63, 3.8) is 0 Å². The van der Waals surface area contributed by atoms with E-state index in [-0.39, 0.29) is 116 Å². The van der Waals surface area contributed by atoms with Crippen LogP contribution in [0.1, 0.15) is 190 Å². The lowest BCUT2D eigenvalue weighted by molar-refractivity contribution is -0.127. The first kappa shape index (κ1) is 99.6. The van der Waals surface area contributed by atoms with Crippen molar-refractivity contribution in [1.82, 2.24) is 4.90 Å². The Hall–Kier alpha value is -7.57.